The zero-order chi connectivity index (χ0) is 18.6. The summed E-state index contributed by atoms with van der Waals surface area (Å²) in [7, 11) is 0. The zero-order valence-electron chi connectivity index (χ0n) is 14.5. The summed E-state index contributed by atoms with van der Waals surface area (Å²) in [6, 6.07) is 28.3. The van der Waals surface area contributed by atoms with Gasteiger partial charge in [-0.05, 0) is 22.9 Å². The Kier molecular flexibility index (Phi) is 5.16. The van der Waals surface area contributed by atoms with Crippen LogP contribution in [0, 0.1) is 0 Å². The van der Waals surface area contributed by atoms with Crippen LogP contribution in [-0.2, 0) is 15.1 Å². The Morgan fingerprint density at radius 1 is 0.769 bits per heavy atom. The predicted octanol–water partition coefficient (Wildman–Crippen LogP) is 4.23. The molecule has 1 unspecified atom stereocenters. The highest BCUT2D eigenvalue weighted by Crippen LogP contribution is 2.53. The Labute approximate surface area is 157 Å². The standard InChI is InChI=1S/C22H21NO2S/c1-26-22(18-13-7-3-8-14-18,19-15-9-4-10-16-19)21(23,20(24)25)17-11-5-2-6-12-17/h2-16H,23H2,1H3,(H,24,25). The van der Waals surface area contributed by atoms with Crippen LogP contribution >= 0.6 is 11.8 Å². The second-order valence-electron chi connectivity index (χ2n) is 6.10. The van der Waals surface area contributed by atoms with Crippen LogP contribution in [0.3, 0.4) is 0 Å². The van der Waals surface area contributed by atoms with Crippen molar-refractivity contribution in [2.24, 2.45) is 5.73 Å². The van der Waals surface area contributed by atoms with Crippen LogP contribution in [0.25, 0.3) is 0 Å². The van der Waals surface area contributed by atoms with Gasteiger partial charge in [0, 0.05) is 0 Å². The number of thioether (sulfide) groups is 1. The van der Waals surface area contributed by atoms with Gasteiger partial charge in [-0.1, -0.05) is 91.0 Å². The Balaban J connectivity index is 2.41. The first kappa shape index (κ1) is 18.2. The molecule has 0 amide bonds. The van der Waals surface area contributed by atoms with Crippen LogP contribution in [0.4, 0.5) is 0 Å². The molecule has 0 fully saturated rings. The maximum atomic E-state index is 12.6. The van der Waals surface area contributed by atoms with Gasteiger partial charge in [0.25, 0.3) is 0 Å². The molecule has 0 spiro atoms. The number of benzene rings is 3. The number of hydrogen-bond acceptors (Lipinski definition) is 3. The molecular formula is C22H21NO2S. The molecule has 0 aliphatic carbocycles. The second-order valence-corrected chi connectivity index (χ2v) is 7.12. The molecule has 0 saturated heterocycles. The molecule has 3 aromatic carbocycles. The largest absolute Gasteiger partial charge is 0.480 e. The third-order valence-corrected chi connectivity index (χ3v) is 6.19. The number of aliphatic carboxylic acids is 1. The Morgan fingerprint density at radius 3 is 1.42 bits per heavy atom. The van der Waals surface area contributed by atoms with E-state index >= 15 is 0 Å². The Bertz CT molecular complexity index is 829. The van der Waals surface area contributed by atoms with Gasteiger partial charge in [0.2, 0.25) is 0 Å². The quantitative estimate of drug-likeness (QED) is 0.688. The SMILES string of the molecule is CSC(c1ccccc1)(c1ccccc1)C(N)(C(=O)O)c1ccccc1. The molecule has 0 radical (unpaired) electrons. The van der Waals surface area contributed by atoms with Crippen molar-refractivity contribution >= 4 is 17.7 Å². The molecule has 3 rings (SSSR count). The fourth-order valence-electron chi connectivity index (χ4n) is 3.54. The minimum atomic E-state index is -1.66. The first-order chi connectivity index (χ1) is 12.6. The fraction of sp³-hybridized carbons (Fsp3) is 0.136. The van der Waals surface area contributed by atoms with Gasteiger partial charge >= 0.3 is 5.97 Å². The summed E-state index contributed by atoms with van der Waals surface area (Å²) < 4.78 is -0.997. The first-order valence-electron chi connectivity index (χ1n) is 8.31. The molecule has 0 heterocycles. The van der Waals surface area contributed by atoms with Crippen LogP contribution in [0.5, 0.6) is 0 Å². The lowest BCUT2D eigenvalue weighted by Gasteiger charge is -2.45. The smallest absolute Gasteiger partial charge is 0.330 e. The van der Waals surface area contributed by atoms with Gasteiger partial charge in [-0.15, -0.1) is 11.8 Å². The van der Waals surface area contributed by atoms with Gasteiger partial charge < -0.3 is 10.8 Å². The summed E-state index contributed by atoms with van der Waals surface area (Å²) in [4.78, 5) is 12.6. The molecule has 26 heavy (non-hydrogen) atoms. The topological polar surface area (TPSA) is 63.3 Å². The first-order valence-corrected chi connectivity index (χ1v) is 9.54. The zero-order valence-corrected chi connectivity index (χ0v) is 15.3. The lowest BCUT2D eigenvalue weighted by Crippen LogP contribution is -2.59. The molecule has 3 aromatic rings. The number of carboxylic acid groups (broad SMARTS) is 1. The molecular weight excluding hydrogens is 342 g/mol. The summed E-state index contributed by atoms with van der Waals surface area (Å²) in [5, 5.41) is 10.3. The average Bonchev–Trinajstić information content (AvgIpc) is 2.71. The summed E-state index contributed by atoms with van der Waals surface area (Å²) in [5.74, 6) is -1.06. The second kappa shape index (κ2) is 7.36. The Hall–Kier alpha value is -2.56. The maximum Gasteiger partial charge on any atom is 0.330 e. The molecule has 1 atom stereocenters. The van der Waals surface area contributed by atoms with Crippen molar-refractivity contribution in [3.8, 4) is 0 Å². The van der Waals surface area contributed by atoms with Gasteiger partial charge in [0.15, 0.2) is 5.54 Å². The molecule has 0 saturated carbocycles. The molecule has 0 aliphatic heterocycles. The molecule has 132 valence electrons. The van der Waals surface area contributed by atoms with Crippen LogP contribution in [0.15, 0.2) is 91.0 Å². The maximum absolute atomic E-state index is 12.6. The summed E-state index contributed by atoms with van der Waals surface area (Å²) in [6.45, 7) is 0. The number of rotatable bonds is 6. The molecule has 4 heteroatoms. The number of hydrogen-bond donors (Lipinski definition) is 2. The summed E-state index contributed by atoms with van der Waals surface area (Å²) >= 11 is 1.45. The summed E-state index contributed by atoms with van der Waals surface area (Å²) in [5.41, 5.74) is 7.41. The van der Waals surface area contributed by atoms with E-state index < -0.39 is 16.3 Å². The van der Waals surface area contributed by atoms with E-state index in [4.69, 9.17) is 5.73 Å². The average molecular weight is 363 g/mol. The van der Waals surface area contributed by atoms with E-state index in [0.29, 0.717) is 5.56 Å². The van der Waals surface area contributed by atoms with E-state index in [2.05, 4.69) is 0 Å². The van der Waals surface area contributed by atoms with Crippen molar-refractivity contribution in [1.29, 1.82) is 0 Å². The third kappa shape index (κ3) is 2.71. The van der Waals surface area contributed by atoms with Crippen molar-refractivity contribution in [2.45, 2.75) is 10.3 Å². The lowest BCUT2D eigenvalue weighted by molar-refractivity contribution is -0.145. The van der Waals surface area contributed by atoms with E-state index in [9.17, 15) is 9.90 Å². The highest BCUT2D eigenvalue weighted by atomic mass is 32.2. The van der Waals surface area contributed by atoms with Gasteiger partial charge in [0.05, 0.1) is 4.75 Å². The highest BCUT2D eigenvalue weighted by Gasteiger charge is 2.57. The Morgan fingerprint density at radius 2 is 1.12 bits per heavy atom. The van der Waals surface area contributed by atoms with Crippen molar-refractivity contribution in [3.63, 3.8) is 0 Å². The summed E-state index contributed by atoms with van der Waals surface area (Å²) in [6.07, 6.45) is 1.91. The minimum absolute atomic E-state index is 0.564. The van der Waals surface area contributed by atoms with Crippen LogP contribution in [0.1, 0.15) is 16.7 Å². The molecule has 3 nitrogen and oxygen atoms in total. The van der Waals surface area contributed by atoms with E-state index in [1.54, 1.807) is 12.1 Å². The van der Waals surface area contributed by atoms with E-state index in [-0.39, 0.29) is 0 Å². The lowest BCUT2D eigenvalue weighted by atomic mass is 9.70. The number of carboxylic acids is 1. The van der Waals surface area contributed by atoms with Crippen LogP contribution in [-0.4, -0.2) is 17.3 Å². The van der Waals surface area contributed by atoms with E-state index in [1.165, 1.54) is 11.8 Å². The molecule has 0 bridgehead atoms. The van der Waals surface area contributed by atoms with Crippen LogP contribution in [0.2, 0.25) is 0 Å². The van der Waals surface area contributed by atoms with Crippen LogP contribution < -0.4 is 5.73 Å². The number of carbonyl (C=O) groups is 1. The molecule has 0 aromatic heterocycles. The van der Waals surface area contributed by atoms with Gasteiger partial charge in [0.1, 0.15) is 0 Å². The van der Waals surface area contributed by atoms with E-state index in [1.807, 2.05) is 85.1 Å². The third-order valence-electron chi connectivity index (χ3n) is 4.79. The fourth-order valence-corrected chi connectivity index (χ4v) is 4.81. The van der Waals surface area contributed by atoms with Gasteiger partial charge in [-0.2, -0.15) is 0 Å². The van der Waals surface area contributed by atoms with Crippen molar-refractivity contribution in [2.75, 3.05) is 6.26 Å². The molecule has 0 aliphatic rings. The van der Waals surface area contributed by atoms with Crippen molar-refractivity contribution in [1.82, 2.24) is 0 Å². The van der Waals surface area contributed by atoms with Gasteiger partial charge in [-0.3, -0.25) is 0 Å². The number of nitrogens with two attached hydrogens (primary N) is 1. The van der Waals surface area contributed by atoms with Gasteiger partial charge in [-0.25, -0.2) is 4.79 Å². The van der Waals surface area contributed by atoms with E-state index in [0.717, 1.165) is 11.1 Å². The minimum Gasteiger partial charge on any atom is -0.480 e. The normalized spacial score (nSPS) is 13.8. The van der Waals surface area contributed by atoms with Crippen molar-refractivity contribution in [3.05, 3.63) is 108 Å². The monoisotopic (exact) mass is 363 g/mol. The highest BCUT2D eigenvalue weighted by molar-refractivity contribution is 7.99. The van der Waals surface area contributed by atoms with Crippen molar-refractivity contribution < 1.29 is 9.90 Å². The predicted molar refractivity (Wildman–Crippen MR) is 107 cm³/mol. The molecule has 3 N–H and O–H groups in total.